The quantitative estimate of drug-likeness (QED) is 0.811. The Balaban J connectivity index is 1.45. The number of nitrogens with zero attached hydrogens (tertiary/aromatic N) is 2. The molecule has 3 rings (SSSR count). The van der Waals surface area contributed by atoms with E-state index in [1.165, 1.54) is 11.1 Å². The first kappa shape index (κ1) is 19.5. The van der Waals surface area contributed by atoms with Crippen LogP contribution in [0.5, 0.6) is 5.75 Å². The van der Waals surface area contributed by atoms with E-state index in [1.54, 1.807) is 13.4 Å². The molecular formula is C21H29N3O3. The Labute approximate surface area is 161 Å². The van der Waals surface area contributed by atoms with Gasteiger partial charge in [-0.2, -0.15) is 0 Å². The van der Waals surface area contributed by atoms with Crippen LogP contribution in [0.1, 0.15) is 29.9 Å². The number of rotatable bonds is 7. The van der Waals surface area contributed by atoms with Crippen LogP contribution in [0.15, 0.2) is 41.0 Å². The second kappa shape index (κ2) is 9.06. The van der Waals surface area contributed by atoms with Gasteiger partial charge in [-0.15, -0.1) is 0 Å². The molecule has 0 spiro atoms. The summed E-state index contributed by atoms with van der Waals surface area (Å²) in [6, 6.07) is 9.90. The molecule has 1 aromatic heterocycles. The van der Waals surface area contributed by atoms with E-state index in [2.05, 4.69) is 34.2 Å². The third-order valence-corrected chi connectivity index (χ3v) is 5.01. The van der Waals surface area contributed by atoms with Crippen molar-refractivity contribution in [3.63, 3.8) is 0 Å². The number of benzene rings is 1. The van der Waals surface area contributed by atoms with Crippen LogP contribution < -0.4 is 10.1 Å². The van der Waals surface area contributed by atoms with Crippen LogP contribution in [0.2, 0.25) is 0 Å². The van der Waals surface area contributed by atoms with Crippen molar-refractivity contribution >= 4 is 5.91 Å². The monoisotopic (exact) mass is 371 g/mol. The normalized spacial score (nSPS) is 16.9. The van der Waals surface area contributed by atoms with Gasteiger partial charge in [0.1, 0.15) is 11.5 Å². The fraction of sp³-hybridized carbons (Fsp3) is 0.476. The predicted octanol–water partition coefficient (Wildman–Crippen LogP) is 2.59. The highest BCUT2D eigenvalue weighted by atomic mass is 16.5. The van der Waals surface area contributed by atoms with E-state index in [-0.39, 0.29) is 11.9 Å². The van der Waals surface area contributed by atoms with Gasteiger partial charge in [-0.1, -0.05) is 17.7 Å². The highest BCUT2D eigenvalue weighted by Gasteiger charge is 2.21. The molecule has 1 atom stereocenters. The van der Waals surface area contributed by atoms with E-state index in [1.807, 2.05) is 25.1 Å². The number of nitrogens with one attached hydrogen (secondary N) is 1. The summed E-state index contributed by atoms with van der Waals surface area (Å²) >= 11 is 0. The molecule has 1 saturated heterocycles. The molecule has 2 aromatic rings. The van der Waals surface area contributed by atoms with Crippen LogP contribution >= 0.6 is 0 Å². The Morgan fingerprint density at radius 1 is 1.22 bits per heavy atom. The molecule has 1 aromatic carbocycles. The summed E-state index contributed by atoms with van der Waals surface area (Å²) in [5.41, 5.74) is 2.46. The summed E-state index contributed by atoms with van der Waals surface area (Å²) in [4.78, 5) is 16.9. The molecule has 1 aliphatic heterocycles. The zero-order valence-corrected chi connectivity index (χ0v) is 16.4. The average molecular weight is 371 g/mol. The molecule has 146 valence electrons. The highest BCUT2D eigenvalue weighted by Crippen LogP contribution is 2.22. The number of aryl methyl sites for hydroxylation is 1. The lowest BCUT2D eigenvalue weighted by molar-refractivity contribution is -0.123. The summed E-state index contributed by atoms with van der Waals surface area (Å²) in [6.45, 7) is 8.99. The number of carbonyl (C=O) groups is 1. The molecule has 0 saturated carbocycles. The lowest BCUT2D eigenvalue weighted by Crippen LogP contribution is -2.49. The zero-order valence-electron chi connectivity index (χ0n) is 16.4. The number of amides is 1. The van der Waals surface area contributed by atoms with Crippen LogP contribution in [0.4, 0.5) is 0 Å². The first-order valence-corrected chi connectivity index (χ1v) is 9.46. The van der Waals surface area contributed by atoms with Crippen LogP contribution in [-0.4, -0.2) is 55.5 Å². The molecule has 1 aliphatic rings. The van der Waals surface area contributed by atoms with Crippen LogP contribution in [0.3, 0.4) is 0 Å². The Kier molecular flexibility index (Phi) is 6.53. The topological polar surface area (TPSA) is 58.0 Å². The van der Waals surface area contributed by atoms with Gasteiger partial charge in [0.05, 0.1) is 26.0 Å². The van der Waals surface area contributed by atoms with Crippen molar-refractivity contribution in [2.24, 2.45) is 0 Å². The molecule has 27 heavy (non-hydrogen) atoms. The number of ether oxygens (including phenoxy) is 1. The van der Waals surface area contributed by atoms with Crippen molar-refractivity contribution in [1.82, 2.24) is 15.1 Å². The Hall–Kier alpha value is -2.31. The van der Waals surface area contributed by atoms with E-state index in [9.17, 15) is 4.79 Å². The maximum absolute atomic E-state index is 12.3. The number of furan rings is 1. The third-order valence-electron chi connectivity index (χ3n) is 5.01. The van der Waals surface area contributed by atoms with Crippen molar-refractivity contribution in [3.8, 4) is 5.75 Å². The van der Waals surface area contributed by atoms with E-state index in [4.69, 9.17) is 9.15 Å². The van der Waals surface area contributed by atoms with Gasteiger partial charge in [0.25, 0.3) is 0 Å². The molecule has 6 heteroatoms. The minimum Gasteiger partial charge on any atom is -0.496 e. The average Bonchev–Trinajstić information content (AvgIpc) is 3.18. The van der Waals surface area contributed by atoms with Crippen LogP contribution in [0.25, 0.3) is 0 Å². The summed E-state index contributed by atoms with van der Waals surface area (Å²) in [6.07, 6.45) is 1.63. The van der Waals surface area contributed by atoms with Gasteiger partial charge < -0.3 is 14.5 Å². The second-order valence-electron chi connectivity index (χ2n) is 7.17. The van der Waals surface area contributed by atoms with E-state index >= 15 is 0 Å². The Morgan fingerprint density at radius 2 is 1.96 bits per heavy atom. The second-order valence-corrected chi connectivity index (χ2v) is 7.17. The summed E-state index contributed by atoms with van der Waals surface area (Å²) in [5.74, 6) is 1.75. The van der Waals surface area contributed by atoms with Crippen LogP contribution in [-0.2, 0) is 11.3 Å². The number of methoxy groups -OCH3 is 1. The van der Waals surface area contributed by atoms with E-state index in [0.29, 0.717) is 6.54 Å². The Bertz CT molecular complexity index is 737. The molecule has 1 fully saturated rings. The van der Waals surface area contributed by atoms with Gasteiger partial charge >= 0.3 is 0 Å². The molecule has 0 radical (unpaired) electrons. The van der Waals surface area contributed by atoms with Gasteiger partial charge in [0.2, 0.25) is 5.91 Å². The number of carbonyl (C=O) groups excluding carboxylic acids is 1. The highest BCUT2D eigenvalue weighted by molar-refractivity contribution is 5.78. The molecule has 0 aliphatic carbocycles. The summed E-state index contributed by atoms with van der Waals surface area (Å²) in [5, 5.41) is 3.00. The first-order valence-electron chi connectivity index (χ1n) is 9.46. The summed E-state index contributed by atoms with van der Waals surface area (Å²) in [7, 11) is 1.72. The molecule has 0 unspecified atom stereocenters. The van der Waals surface area contributed by atoms with Crippen molar-refractivity contribution in [2.45, 2.75) is 26.4 Å². The van der Waals surface area contributed by atoms with Gasteiger partial charge in [-0.05, 0) is 32.0 Å². The lowest BCUT2D eigenvalue weighted by atomic mass is 10.1. The minimum atomic E-state index is -0.109. The van der Waals surface area contributed by atoms with E-state index < -0.39 is 0 Å². The van der Waals surface area contributed by atoms with Crippen molar-refractivity contribution in [3.05, 3.63) is 53.5 Å². The maximum Gasteiger partial charge on any atom is 0.234 e. The molecule has 6 nitrogen and oxygen atoms in total. The number of hydrogen-bond donors (Lipinski definition) is 1. The van der Waals surface area contributed by atoms with Crippen molar-refractivity contribution < 1.29 is 13.9 Å². The van der Waals surface area contributed by atoms with Gasteiger partial charge in [0, 0.05) is 38.3 Å². The molecule has 0 bridgehead atoms. The first-order chi connectivity index (χ1) is 13.0. The predicted molar refractivity (Wildman–Crippen MR) is 105 cm³/mol. The molecule has 1 amide bonds. The molecular weight excluding hydrogens is 342 g/mol. The van der Waals surface area contributed by atoms with Crippen molar-refractivity contribution in [2.75, 3.05) is 39.8 Å². The largest absolute Gasteiger partial charge is 0.496 e. The molecule has 1 N–H and O–H groups in total. The fourth-order valence-electron chi connectivity index (χ4n) is 3.48. The summed E-state index contributed by atoms with van der Waals surface area (Å²) < 4.78 is 10.8. The van der Waals surface area contributed by atoms with Crippen LogP contribution in [0, 0.1) is 6.92 Å². The fourth-order valence-corrected chi connectivity index (χ4v) is 3.48. The van der Waals surface area contributed by atoms with Gasteiger partial charge in [0.15, 0.2) is 0 Å². The van der Waals surface area contributed by atoms with Gasteiger partial charge in [-0.25, -0.2) is 0 Å². The standard InChI is InChI=1S/C21H29N3O3/c1-16-6-7-20(26-3)18(13-16)14-23-8-10-24(11-9-23)15-21(25)22-17(2)19-5-4-12-27-19/h4-7,12-13,17H,8-11,14-15H2,1-3H3,(H,22,25)/t17-/m1/s1. The smallest absolute Gasteiger partial charge is 0.234 e. The lowest BCUT2D eigenvalue weighted by Gasteiger charge is -2.34. The SMILES string of the molecule is COc1ccc(C)cc1CN1CCN(CC(=O)N[C@H](C)c2ccco2)CC1. The van der Waals surface area contributed by atoms with Crippen molar-refractivity contribution in [1.29, 1.82) is 0 Å². The number of piperazine rings is 1. The minimum absolute atomic E-state index is 0.0349. The maximum atomic E-state index is 12.3. The third kappa shape index (κ3) is 5.34. The zero-order chi connectivity index (χ0) is 19.2. The number of hydrogen-bond acceptors (Lipinski definition) is 5. The Morgan fingerprint density at radius 3 is 2.63 bits per heavy atom. The molecule has 2 heterocycles. The van der Waals surface area contributed by atoms with Gasteiger partial charge in [-0.3, -0.25) is 14.6 Å². The van der Waals surface area contributed by atoms with E-state index in [0.717, 1.165) is 44.2 Å².